The summed E-state index contributed by atoms with van der Waals surface area (Å²) in [5.41, 5.74) is 4.50. The number of rotatable bonds is 3. The second kappa shape index (κ2) is 6.72. The average molecular weight is 250 g/mol. The van der Waals surface area contributed by atoms with E-state index < -0.39 is 0 Å². The van der Waals surface area contributed by atoms with Crippen molar-refractivity contribution in [3.05, 3.63) is 65.0 Å². The van der Waals surface area contributed by atoms with Crippen molar-refractivity contribution in [1.82, 2.24) is 10.3 Å². The first kappa shape index (κ1) is 13.3. The molecule has 1 aromatic carbocycles. The van der Waals surface area contributed by atoms with Crippen LogP contribution in [-0.4, -0.2) is 11.5 Å². The molecule has 2 rings (SSSR count). The molecule has 2 aromatic rings. The lowest BCUT2D eigenvalue weighted by atomic mass is 10.2. The van der Waals surface area contributed by atoms with Gasteiger partial charge in [0.1, 0.15) is 0 Å². The Morgan fingerprint density at radius 1 is 1.16 bits per heavy atom. The van der Waals surface area contributed by atoms with Gasteiger partial charge in [0.25, 0.3) is 0 Å². The lowest BCUT2D eigenvalue weighted by Crippen LogP contribution is -2.12. The number of aryl methyl sites for hydroxylation is 2. The third-order valence-corrected chi connectivity index (χ3v) is 2.96. The van der Waals surface area contributed by atoms with Crippen molar-refractivity contribution in [2.75, 3.05) is 6.54 Å². The number of aromatic nitrogens is 1. The van der Waals surface area contributed by atoms with Crippen LogP contribution in [0.2, 0.25) is 0 Å². The maximum Gasteiger partial charge on any atom is 0.0582 e. The van der Waals surface area contributed by atoms with Crippen LogP contribution in [0, 0.1) is 25.7 Å². The summed E-state index contributed by atoms with van der Waals surface area (Å²) in [4.78, 5) is 4.30. The van der Waals surface area contributed by atoms with Crippen molar-refractivity contribution >= 4 is 0 Å². The fourth-order valence-corrected chi connectivity index (χ4v) is 1.72. The highest BCUT2D eigenvalue weighted by Gasteiger charge is 1.94. The van der Waals surface area contributed by atoms with E-state index in [-0.39, 0.29) is 0 Å². The van der Waals surface area contributed by atoms with Crippen molar-refractivity contribution in [3.8, 4) is 11.8 Å². The first-order chi connectivity index (χ1) is 9.25. The second-order valence-corrected chi connectivity index (χ2v) is 4.52. The van der Waals surface area contributed by atoms with E-state index in [1.165, 1.54) is 11.1 Å². The van der Waals surface area contributed by atoms with Crippen molar-refractivity contribution in [2.24, 2.45) is 0 Å². The van der Waals surface area contributed by atoms with Gasteiger partial charge in [0.2, 0.25) is 0 Å². The first-order valence-electron chi connectivity index (χ1n) is 6.42. The van der Waals surface area contributed by atoms with Crippen LogP contribution in [0.4, 0.5) is 0 Å². The molecule has 0 amide bonds. The molecule has 0 bridgehead atoms. The van der Waals surface area contributed by atoms with Crippen LogP contribution < -0.4 is 5.32 Å². The summed E-state index contributed by atoms with van der Waals surface area (Å²) in [5.74, 6) is 6.24. The standard InChI is InChI=1S/C17H18N2/c1-14-11-17(13-19-15(14)2)9-6-10-18-12-16-7-4-3-5-8-16/h3-5,7-8,11,13,18H,10,12H2,1-2H3. The van der Waals surface area contributed by atoms with Gasteiger partial charge in [-0.05, 0) is 31.0 Å². The van der Waals surface area contributed by atoms with Crippen LogP contribution >= 0.6 is 0 Å². The molecule has 0 aliphatic carbocycles. The molecule has 19 heavy (non-hydrogen) atoms. The monoisotopic (exact) mass is 250 g/mol. The van der Waals surface area contributed by atoms with Crippen LogP contribution in [0.25, 0.3) is 0 Å². The highest BCUT2D eigenvalue weighted by atomic mass is 14.8. The summed E-state index contributed by atoms with van der Waals surface area (Å²) >= 11 is 0. The average Bonchev–Trinajstić information content (AvgIpc) is 2.43. The molecule has 1 N–H and O–H groups in total. The van der Waals surface area contributed by atoms with Gasteiger partial charge >= 0.3 is 0 Å². The Morgan fingerprint density at radius 3 is 2.68 bits per heavy atom. The second-order valence-electron chi connectivity index (χ2n) is 4.52. The zero-order valence-corrected chi connectivity index (χ0v) is 11.4. The molecule has 0 radical (unpaired) electrons. The Bertz CT molecular complexity index is 592. The van der Waals surface area contributed by atoms with Crippen molar-refractivity contribution in [1.29, 1.82) is 0 Å². The zero-order valence-electron chi connectivity index (χ0n) is 11.4. The van der Waals surface area contributed by atoms with Crippen LogP contribution in [0.3, 0.4) is 0 Å². The number of hydrogen-bond donors (Lipinski definition) is 1. The van der Waals surface area contributed by atoms with E-state index in [9.17, 15) is 0 Å². The van der Waals surface area contributed by atoms with E-state index in [2.05, 4.69) is 47.3 Å². The largest absolute Gasteiger partial charge is 0.302 e. The summed E-state index contributed by atoms with van der Waals surface area (Å²) in [5, 5.41) is 3.30. The van der Waals surface area contributed by atoms with E-state index in [1.54, 1.807) is 0 Å². The zero-order chi connectivity index (χ0) is 13.5. The van der Waals surface area contributed by atoms with Crippen LogP contribution in [0.1, 0.15) is 22.4 Å². The lowest BCUT2D eigenvalue weighted by molar-refractivity contribution is 0.770. The molecule has 0 aliphatic heterocycles. The summed E-state index contributed by atoms with van der Waals surface area (Å²) in [6.45, 7) is 5.59. The molecule has 2 nitrogen and oxygen atoms in total. The van der Waals surface area contributed by atoms with Crippen LogP contribution in [0.15, 0.2) is 42.6 Å². The Kier molecular flexibility index (Phi) is 4.72. The smallest absolute Gasteiger partial charge is 0.0582 e. The fourth-order valence-electron chi connectivity index (χ4n) is 1.72. The molecular formula is C17H18N2. The van der Waals surface area contributed by atoms with Gasteiger partial charge in [-0.1, -0.05) is 42.2 Å². The van der Waals surface area contributed by atoms with Crippen molar-refractivity contribution < 1.29 is 0 Å². The summed E-state index contributed by atoms with van der Waals surface area (Å²) in [6.07, 6.45) is 1.83. The molecule has 1 aromatic heterocycles. The Balaban J connectivity index is 1.83. The van der Waals surface area contributed by atoms with E-state index >= 15 is 0 Å². The summed E-state index contributed by atoms with van der Waals surface area (Å²) < 4.78 is 0. The molecule has 0 saturated carbocycles. The Hall–Kier alpha value is -2.11. The van der Waals surface area contributed by atoms with Gasteiger partial charge in [0.15, 0.2) is 0 Å². The molecule has 96 valence electrons. The predicted molar refractivity (Wildman–Crippen MR) is 78.7 cm³/mol. The van der Waals surface area contributed by atoms with E-state index in [0.29, 0.717) is 6.54 Å². The van der Waals surface area contributed by atoms with Crippen LogP contribution in [0.5, 0.6) is 0 Å². The number of benzene rings is 1. The minimum Gasteiger partial charge on any atom is -0.302 e. The van der Waals surface area contributed by atoms with Crippen LogP contribution in [-0.2, 0) is 6.54 Å². The van der Waals surface area contributed by atoms with Gasteiger partial charge in [-0.25, -0.2) is 0 Å². The van der Waals surface area contributed by atoms with Gasteiger partial charge < -0.3 is 5.32 Å². The fraction of sp³-hybridized carbons (Fsp3) is 0.235. The van der Waals surface area contributed by atoms with E-state index in [0.717, 1.165) is 17.8 Å². The van der Waals surface area contributed by atoms with Gasteiger partial charge in [-0.15, -0.1) is 0 Å². The van der Waals surface area contributed by atoms with Gasteiger partial charge in [-0.3, -0.25) is 4.98 Å². The number of pyridine rings is 1. The molecule has 0 saturated heterocycles. The normalized spacial score (nSPS) is 9.79. The van der Waals surface area contributed by atoms with Crippen molar-refractivity contribution in [3.63, 3.8) is 0 Å². The maximum absolute atomic E-state index is 4.30. The topological polar surface area (TPSA) is 24.9 Å². The minimum absolute atomic E-state index is 0.682. The summed E-state index contributed by atoms with van der Waals surface area (Å²) in [6, 6.07) is 12.4. The number of nitrogens with one attached hydrogen (secondary N) is 1. The highest BCUT2D eigenvalue weighted by Crippen LogP contribution is 2.04. The molecule has 1 heterocycles. The van der Waals surface area contributed by atoms with Gasteiger partial charge in [0.05, 0.1) is 6.54 Å². The Morgan fingerprint density at radius 2 is 1.95 bits per heavy atom. The number of nitrogens with zero attached hydrogens (tertiary/aromatic N) is 1. The molecule has 0 atom stereocenters. The van der Waals surface area contributed by atoms with Crippen molar-refractivity contribution in [2.45, 2.75) is 20.4 Å². The molecule has 0 unspecified atom stereocenters. The third-order valence-electron chi connectivity index (χ3n) is 2.96. The lowest BCUT2D eigenvalue weighted by Gasteiger charge is -2.00. The molecule has 0 aliphatic rings. The third kappa shape index (κ3) is 4.24. The SMILES string of the molecule is Cc1cc(C#CCNCc2ccccc2)cnc1C. The number of hydrogen-bond acceptors (Lipinski definition) is 2. The van der Waals surface area contributed by atoms with E-state index in [1.807, 2.05) is 31.3 Å². The van der Waals surface area contributed by atoms with Gasteiger partial charge in [-0.2, -0.15) is 0 Å². The van der Waals surface area contributed by atoms with E-state index in [4.69, 9.17) is 0 Å². The molecule has 0 fully saturated rings. The highest BCUT2D eigenvalue weighted by molar-refractivity contribution is 5.36. The minimum atomic E-state index is 0.682. The Labute approximate surface area is 114 Å². The molecular weight excluding hydrogens is 232 g/mol. The summed E-state index contributed by atoms with van der Waals surface area (Å²) in [7, 11) is 0. The molecule has 0 spiro atoms. The quantitative estimate of drug-likeness (QED) is 0.669. The predicted octanol–water partition coefficient (Wildman–Crippen LogP) is 2.84. The van der Waals surface area contributed by atoms with Gasteiger partial charge in [0, 0.05) is 24.0 Å². The molecule has 2 heteroatoms. The first-order valence-corrected chi connectivity index (χ1v) is 6.42. The maximum atomic E-state index is 4.30.